The molecule has 0 unspecified atom stereocenters. The molecule has 1 atom stereocenters. The van der Waals surface area contributed by atoms with E-state index in [0.29, 0.717) is 19.9 Å². The Bertz CT molecular complexity index is 890. The molecule has 2 aromatic carbocycles. The molecule has 0 aromatic heterocycles. The van der Waals surface area contributed by atoms with Crippen molar-refractivity contribution in [2.24, 2.45) is 0 Å². The topological polar surface area (TPSA) is 51.2 Å². The summed E-state index contributed by atoms with van der Waals surface area (Å²) in [4.78, 5) is 17.1. The third-order valence-electron chi connectivity index (χ3n) is 5.67. The second kappa shape index (κ2) is 8.33. The largest absolute Gasteiger partial charge is 0.481 e. The van der Waals surface area contributed by atoms with Crippen LogP contribution in [0.5, 0.6) is 17.2 Å². The molecule has 154 valence electrons. The molecule has 29 heavy (non-hydrogen) atoms. The SMILES string of the molecule is Cc1ccc(O[C@H](C)C(=O)N2CCN(Cc3ccc4c(c3)OCO4)CC2)cc1C. The Balaban J connectivity index is 1.28. The van der Waals surface area contributed by atoms with Crippen LogP contribution in [0, 0.1) is 13.8 Å². The molecule has 4 rings (SSSR count). The number of piperazine rings is 1. The van der Waals surface area contributed by atoms with Crippen molar-refractivity contribution < 1.29 is 19.0 Å². The van der Waals surface area contributed by atoms with E-state index in [1.807, 2.05) is 49.1 Å². The van der Waals surface area contributed by atoms with Gasteiger partial charge in [-0.2, -0.15) is 0 Å². The molecular weight excluding hydrogens is 368 g/mol. The second-order valence-electron chi connectivity index (χ2n) is 7.80. The zero-order chi connectivity index (χ0) is 20.4. The Labute approximate surface area is 172 Å². The third-order valence-corrected chi connectivity index (χ3v) is 5.67. The Morgan fingerprint density at radius 2 is 1.76 bits per heavy atom. The van der Waals surface area contributed by atoms with Crippen molar-refractivity contribution in [3.8, 4) is 17.2 Å². The van der Waals surface area contributed by atoms with Gasteiger partial charge in [0.15, 0.2) is 17.6 Å². The molecule has 0 radical (unpaired) electrons. The number of ether oxygens (including phenoxy) is 3. The lowest BCUT2D eigenvalue weighted by Gasteiger charge is -2.36. The maximum absolute atomic E-state index is 12.8. The fraction of sp³-hybridized carbons (Fsp3) is 0.435. The van der Waals surface area contributed by atoms with Crippen molar-refractivity contribution in [2.45, 2.75) is 33.4 Å². The van der Waals surface area contributed by atoms with E-state index in [1.165, 1.54) is 16.7 Å². The summed E-state index contributed by atoms with van der Waals surface area (Å²) < 4.78 is 16.7. The molecule has 1 amide bonds. The molecule has 2 aliphatic rings. The van der Waals surface area contributed by atoms with Gasteiger partial charge in [0.05, 0.1) is 0 Å². The van der Waals surface area contributed by atoms with E-state index >= 15 is 0 Å². The van der Waals surface area contributed by atoms with Gasteiger partial charge in [0, 0.05) is 32.7 Å². The lowest BCUT2D eigenvalue weighted by Crippen LogP contribution is -2.51. The highest BCUT2D eigenvalue weighted by Gasteiger charge is 2.26. The predicted octanol–water partition coefficient (Wildman–Crippen LogP) is 3.14. The van der Waals surface area contributed by atoms with Crippen molar-refractivity contribution in [1.82, 2.24) is 9.80 Å². The van der Waals surface area contributed by atoms with Gasteiger partial charge in [-0.1, -0.05) is 12.1 Å². The minimum atomic E-state index is -0.488. The van der Waals surface area contributed by atoms with E-state index in [1.54, 1.807) is 0 Å². The number of amides is 1. The Morgan fingerprint density at radius 3 is 2.52 bits per heavy atom. The summed E-state index contributed by atoms with van der Waals surface area (Å²) in [6, 6.07) is 12.0. The van der Waals surface area contributed by atoms with Crippen molar-refractivity contribution in [2.75, 3.05) is 33.0 Å². The highest BCUT2D eigenvalue weighted by Crippen LogP contribution is 2.32. The number of hydrogen-bond acceptors (Lipinski definition) is 5. The predicted molar refractivity (Wildman–Crippen MR) is 110 cm³/mol. The number of fused-ring (bicyclic) bond motifs is 1. The average Bonchev–Trinajstić information content (AvgIpc) is 3.18. The Morgan fingerprint density at radius 1 is 1.00 bits per heavy atom. The van der Waals surface area contributed by atoms with Crippen LogP contribution in [-0.4, -0.2) is 54.8 Å². The number of aryl methyl sites for hydroxylation is 2. The van der Waals surface area contributed by atoms with Crippen LogP contribution in [0.3, 0.4) is 0 Å². The van der Waals surface area contributed by atoms with Crippen LogP contribution >= 0.6 is 0 Å². The molecule has 0 aliphatic carbocycles. The lowest BCUT2D eigenvalue weighted by atomic mass is 10.1. The van der Waals surface area contributed by atoms with Gasteiger partial charge in [0.2, 0.25) is 6.79 Å². The van der Waals surface area contributed by atoms with E-state index in [9.17, 15) is 4.79 Å². The number of benzene rings is 2. The van der Waals surface area contributed by atoms with Crippen molar-refractivity contribution >= 4 is 5.91 Å². The smallest absolute Gasteiger partial charge is 0.263 e. The molecule has 0 saturated carbocycles. The molecule has 6 heteroatoms. The van der Waals surface area contributed by atoms with E-state index in [4.69, 9.17) is 14.2 Å². The number of nitrogens with zero attached hydrogens (tertiary/aromatic N) is 2. The van der Waals surface area contributed by atoms with Crippen LogP contribution in [0.15, 0.2) is 36.4 Å². The molecule has 2 aliphatic heterocycles. The van der Waals surface area contributed by atoms with Crippen LogP contribution in [0.25, 0.3) is 0 Å². The summed E-state index contributed by atoms with van der Waals surface area (Å²) in [7, 11) is 0. The van der Waals surface area contributed by atoms with Gasteiger partial charge in [-0.15, -0.1) is 0 Å². The number of carbonyl (C=O) groups excluding carboxylic acids is 1. The lowest BCUT2D eigenvalue weighted by molar-refractivity contribution is -0.139. The zero-order valence-corrected chi connectivity index (χ0v) is 17.3. The van der Waals surface area contributed by atoms with Crippen molar-refractivity contribution in [3.63, 3.8) is 0 Å². The average molecular weight is 396 g/mol. The van der Waals surface area contributed by atoms with Gasteiger partial charge in [-0.25, -0.2) is 0 Å². The molecular formula is C23H28N2O4. The Kier molecular flexibility index (Phi) is 5.62. The van der Waals surface area contributed by atoms with Crippen molar-refractivity contribution in [3.05, 3.63) is 53.1 Å². The van der Waals surface area contributed by atoms with Gasteiger partial charge < -0.3 is 19.1 Å². The standard InChI is InChI=1S/C23H28N2O4/c1-16-4-6-20(12-17(16)2)29-18(3)23(26)25-10-8-24(9-11-25)14-19-5-7-21-22(13-19)28-15-27-21/h4-7,12-13,18H,8-11,14-15H2,1-3H3/t18-/m1/s1. The maximum Gasteiger partial charge on any atom is 0.263 e. The first-order chi connectivity index (χ1) is 14.0. The summed E-state index contributed by atoms with van der Waals surface area (Å²) >= 11 is 0. The first-order valence-electron chi connectivity index (χ1n) is 10.1. The maximum atomic E-state index is 12.8. The van der Waals surface area contributed by atoms with E-state index in [0.717, 1.165) is 36.9 Å². The quantitative estimate of drug-likeness (QED) is 0.777. The molecule has 2 aromatic rings. The zero-order valence-electron chi connectivity index (χ0n) is 17.3. The van der Waals surface area contributed by atoms with Crippen molar-refractivity contribution in [1.29, 1.82) is 0 Å². The fourth-order valence-electron chi connectivity index (χ4n) is 3.72. The first-order valence-corrected chi connectivity index (χ1v) is 10.1. The summed E-state index contributed by atoms with van der Waals surface area (Å²) in [5, 5.41) is 0. The van der Waals surface area contributed by atoms with E-state index < -0.39 is 6.10 Å². The van der Waals surface area contributed by atoms with E-state index in [-0.39, 0.29) is 5.91 Å². The molecule has 6 nitrogen and oxygen atoms in total. The summed E-state index contributed by atoms with van der Waals surface area (Å²) in [5.41, 5.74) is 3.58. The van der Waals surface area contributed by atoms with E-state index in [2.05, 4.69) is 17.9 Å². The van der Waals surface area contributed by atoms with Gasteiger partial charge in [0.25, 0.3) is 5.91 Å². The van der Waals surface area contributed by atoms with Crippen LogP contribution in [0.2, 0.25) is 0 Å². The van der Waals surface area contributed by atoms with Gasteiger partial charge in [0.1, 0.15) is 5.75 Å². The molecule has 1 fully saturated rings. The summed E-state index contributed by atoms with van der Waals surface area (Å²) in [6.07, 6.45) is -0.488. The van der Waals surface area contributed by atoms with Crippen LogP contribution in [-0.2, 0) is 11.3 Å². The number of rotatable bonds is 5. The molecule has 2 heterocycles. The molecule has 0 N–H and O–H groups in total. The second-order valence-corrected chi connectivity index (χ2v) is 7.80. The van der Waals surface area contributed by atoms with Gasteiger partial charge in [-0.3, -0.25) is 9.69 Å². The van der Waals surface area contributed by atoms with Crippen LogP contribution < -0.4 is 14.2 Å². The fourth-order valence-corrected chi connectivity index (χ4v) is 3.72. The normalized spacial score (nSPS) is 17.3. The monoisotopic (exact) mass is 396 g/mol. The minimum Gasteiger partial charge on any atom is -0.481 e. The van der Waals surface area contributed by atoms with Crippen LogP contribution in [0.1, 0.15) is 23.6 Å². The highest BCUT2D eigenvalue weighted by atomic mass is 16.7. The molecule has 0 bridgehead atoms. The minimum absolute atomic E-state index is 0.0472. The third kappa shape index (κ3) is 4.48. The Hall–Kier alpha value is -2.73. The number of hydrogen-bond donors (Lipinski definition) is 0. The summed E-state index contributed by atoms with van der Waals surface area (Å²) in [6.45, 7) is 10.2. The molecule has 0 spiro atoms. The van der Waals surface area contributed by atoms with Gasteiger partial charge >= 0.3 is 0 Å². The summed E-state index contributed by atoms with van der Waals surface area (Å²) in [5.74, 6) is 2.41. The van der Waals surface area contributed by atoms with Crippen LogP contribution in [0.4, 0.5) is 0 Å². The first kappa shape index (κ1) is 19.6. The number of carbonyl (C=O) groups is 1. The molecule has 1 saturated heterocycles. The highest BCUT2D eigenvalue weighted by molar-refractivity contribution is 5.81. The van der Waals surface area contributed by atoms with Gasteiger partial charge in [-0.05, 0) is 61.7 Å².